The monoisotopic (exact) mass is 81.0 g/mol. The molecule has 2 nitrogen and oxygen atoms in total. The molecule has 0 bridgehead atoms. The van der Waals surface area contributed by atoms with Gasteiger partial charge < -0.3 is 4.74 Å². The fourth-order valence-corrected chi connectivity index (χ4v) is 0.197. The van der Waals surface area contributed by atoms with Gasteiger partial charge in [-0.05, 0) is 0 Å². The molecular formula is C4H3NO. The van der Waals surface area contributed by atoms with Crippen LogP contribution >= 0.6 is 0 Å². The lowest BCUT2D eigenvalue weighted by Gasteiger charge is -1.49. The van der Waals surface area contributed by atoms with Crippen LogP contribution in [0.1, 0.15) is 0 Å². The molecule has 0 aromatic rings. The average molecular weight is 81.1 g/mol. The molecule has 0 spiro atoms. The van der Waals surface area contributed by atoms with Gasteiger partial charge in [0.1, 0.15) is 12.4 Å². The van der Waals surface area contributed by atoms with E-state index >= 15 is 0 Å². The highest BCUT2D eigenvalue weighted by Crippen LogP contribution is 2.11. The van der Waals surface area contributed by atoms with Gasteiger partial charge in [-0.25, -0.2) is 0 Å². The number of epoxide rings is 1. The van der Waals surface area contributed by atoms with E-state index < -0.39 is 0 Å². The Balaban J connectivity index is 2.49. The third-order valence-electron chi connectivity index (χ3n) is 0.537. The summed E-state index contributed by atoms with van der Waals surface area (Å²) in [5.41, 5.74) is 0. The van der Waals surface area contributed by atoms with E-state index in [1.165, 1.54) is 6.08 Å². The lowest BCUT2D eigenvalue weighted by molar-refractivity contribution is 0.510. The Morgan fingerprint density at radius 3 is 2.83 bits per heavy atom. The molecule has 6 heavy (non-hydrogen) atoms. The largest absolute Gasteiger partial charge is 0.486 e. The molecule has 0 radical (unpaired) electrons. The summed E-state index contributed by atoms with van der Waals surface area (Å²) in [5, 5.41) is 7.87. The number of nitrogens with zero attached hydrogens (tertiary/aromatic N) is 1. The zero-order valence-corrected chi connectivity index (χ0v) is 3.14. The van der Waals surface area contributed by atoms with Gasteiger partial charge in [-0.3, -0.25) is 0 Å². The van der Waals surface area contributed by atoms with E-state index in [2.05, 4.69) is 4.74 Å². The summed E-state index contributed by atoms with van der Waals surface area (Å²) in [6, 6.07) is 1.84. The van der Waals surface area contributed by atoms with Crippen molar-refractivity contribution in [3.63, 3.8) is 0 Å². The molecular weight excluding hydrogens is 78.0 g/mol. The Morgan fingerprint density at radius 1 is 2.00 bits per heavy atom. The fourth-order valence-electron chi connectivity index (χ4n) is 0.197. The van der Waals surface area contributed by atoms with Crippen molar-refractivity contribution in [2.24, 2.45) is 0 Å². The molecule has 0 unspecified atom stereocenters. The van der Waals surface area contributed by atoms with Gasteiger partial charge in [-0.15, -0.1) is 0 Å². The molecule has 1 aliphatic rings. The van der Waals surface area contributed by atoms with Crippen LogP contribution in [0.5, 0.6) is 0 Å². The summed E-state index contributed by atoms with van der Waals surface area (Å²) in [5.74, 6) is 0.803. The molecule has 0 aromatic heterocycles. The third kappa shape index (κ3) is 0.494. The Kier molecular flexibility index (Phi) is 0.548. The van der Waals surface area contributed by atoms with E-state index in [0.29, 0.717) is 6.61 Å². The van der Waals surface area contributed by atoms with Crippen molar-refractivity contribution < 1.29 is 4.74 Å². The minimum absolute atomic E-state index is 0.660. The van der Waals surface area contributed by atoms with Gasteiger partial charge >= 0.3 is 0 Å². The zero-order chi connectivity index (χ0) is 4.41. The summed E-state index contributed by atoms with van der Waals surface area (Å²) >= 11 is 0. The Bertz CT molecular complexity index is 114. The van der Waals surface area contributed by atoms with Gasteiger partial charge in [0.2, 0.25) is 0 Å². The first-order valence-corrected chi connectivity index (χ1v) is 1.65. The SMILES string of the molecule is N#CC=C1CO1. The molecule has 0 amide bonds. The summed E-state index contributed by atoms with van der Waals surface area (Å²) in [6.45, 7) is 0.660. The molecule has 30 valence electrons. The molecule has 2 heteroatoms. The Hall–Kier alpha value is -0.970. The number of hydrogen-bond acceptors (Lipinski definition) is 2. The smallest absolute Gasteiger partial charge is 0.146 e. The molecule has 0 saturated carbocycles. The summed E-state index contributed by atoms with van der Waals surface area (Å²) < 4.78 is 4.59. The second kappa shape index (κ2) is 1.02. The lowest BCUT2D eigenvalue weighted by Crippen LogP contribution is -1.42. The first-order chi connectivity index (χ1) is 2.93. The number of allylic oxidation sites excluding steroid dienone is 1. The third-order valence-corrected chi connectivity index (χ3v) is 0.537. The number of ether oxygens (including phenoxy) is 1. The Morgan fingerprint density at radius 2 is 2.67 bits per heavy atom. The molecule has 1 heterocycles. The first-order valence-electron chi connectivity index (χ1n) is 1.65. The minimum Gasteiger partial charge on any atom is -0.486 e. The highest BCUT2D eigenvalue weighted by Gasteiger charge is 2.10. The van der Waals surface area contributed by atoms with Crippen molar-refractivity contribution in [1.82, 2.24) is 0 Å². The molecule has 0 aliphatic carbocycles. The first kappa shape index (κ1) is 3.23. The van der Waals surface area contributed by atoms with Crippen LogP contribution in [0.15, 0.2) is 11.8 Å². The van der Waals surface area contributed by atoms with E-state index in [-0.39, 0.29) is 0 Å². The fraction of sp³-hybridized carbons (Fsp3) is 0.250. The zero-order valence-electron chi connectivity index (χ0n) is 3.14. The van der Waals surface area contributed by atoms with E-state index in [4.69, 9.17) is 5.26 Å². The standard InChI is InChI=1S/C4H3NO/c5-2-1-4-3-6-4/h1H,3H2. The summed E-state index contributed by atoms with van der Waals surface area (Å²) in [6.07, 6.45) is 1.40. The summed E-state index contributed by atoms with van der Waals surface area (Å²) in [4.78, 5) is 0. The van der Waals surface area contributed by atoms with Gasteiger partial charge in [0.05, 0.1) is 12.1 Å². The van der Waals surface area contributed by atoms with Crippen molar-refractivity contribution >= 4 is 0 Å². The van der Waals surface area contributed by atoms with E-state index in [9.17, 15) is 0 Å². The number of nitriles is 1. The predicted molar refractivity (Wildman–Crippen MR) is 19.6 cm³/mol. The van der Waals surface area contributed by atoms with Gasteiger partial charge in [0.15, 0.2) is 0 Å². The van der Waals surface area contributed by atoms with Gasteiger partial charge in [-0.2, -0.15) is 5.26 Å². The maximum Gasteiger partial charge on any atom is 0.146 e. The van der Waals surface area contributed by atoms with Gasteiger partial charge in [-0.1, -0.05) is 0 Å². The minimum atomic E-state index is 0.660. The lowest BCUT2D eigenvalue weighted by atomic mass is 10.6. The quantitative estimate of drug-likeness (QED) is 0.313. The van der Waals surface area contributed by atoms with Crippen molar-refractivity contribution in [2.45, 2.75) is 0 Å². The van der Waals surface area contributed by atoms with E-state index in [0.717, 1.165) is 5.76 Å². The van der Waals surface area contributed by atoms with Crippen LogP contribution < -0.4 is 0 Å². The molecule has 0 atom stereocenters. The topological polar surface area (TPSA) is 36.3 Å². The average Bonchev–Trinajstić information content (AvgIpc) is 2.21. The van der Waals surface area contributed by atoms with E-state index in [1.54, 1.807) is 0 Å². The second-order valence-electron chi connectivity index (χ2n) is 1.03. The van der Waals surface area contributed by atoms with Crippen molar-refractivity contribution in [1.29, 1.82) is 5.26 Å². The van der Waals surface area contributed by atoms with Crippen LogP contribution in [-0.4, -0.2) is 6.61 Å². The highest BCUT2D eigenvalue weighted by atomic mass is 16.6. The van der Waals surface area contributed by atoms with Crippen molar-refractivity contribution in [3.05, 3.63) is 11.8 Å². The highest BCUT2D eigenvalue weighted by molar-refractivity contribution is 5.14. The molecule has 0 aromatic carbocycles. The van der Waals surface area contributed by atoms with Crippen molar-refractivity contribution in [2.75, 3.05) is 6.61 Å². The molecule has 1 saturated heterocycles. The maximum absolute atomic E-state index is 7.87. The number of hydrogen-bond donors (Lipinski definition) is 0. The molecule has 1 rings (SSSR count). The van der Waals surface area contributed by atoms with Crippen LogP contribution in [0.3, 0.4) is 0 Å². The van der Waals surface area contributed by atoms with E-state index in [1.807, 2.05) is 6.07 Å². The van der Waals surface area contributed by atoms with Gasteiger partial charge in [0.25, 0.3) is 0 Å². The van der Waals surface area contributed by atoms with Crippen molar-refractivity contribution in [3.8, 4) is 6.07 Å². The number of rotatable bonds is 0. The van der Waals surface area contributed by atoms with Crippen LogP contribution in [-0.2, 0) is 4.74 Å². The van der Waals surface area contributed by atoms with Crippen LogP contribution in [0.4, 0.5) is 0 Å². The second-order valence-corrected chi connectivity index (χ2v) is 1.03. The normalized spacial score (nSPS) is 22.2. The maximum atomic E-state index is 7.87. The summed E-state index contributed by atoms with van der Waals surface area (Å²) in [7, 11) is 0. The Labute approximate surface area is 35.6 Å². The predicted octanol–water partition coefficient (Wildman–Crippen LogP) is 0.424. The van der Waals surface area contributed by atoms with Crippen LogP contribution in [0, 0.1) is 11.3 Å². The molecule has 0 N–H and O–H groups in total. The van der Waals surface area contributed by atoms with Crippen LogP contribution in [0.25, 0.3) is 0 Å². The molecule has 1 fully saturated rings. The van der Waals surface area contributed by atoms with Crippen LogP contribution in [0.2, 0.25) is 0 Å². The molecule has 1 aliphatic heterocycles. The van der Waals surface area contributed by atoms with Gasteiger partial charge in [0, 0.05) is 0 Å².